The topological polar surface area (TPSA) is 38.9 Å². The zero-order valence-corrected chi connectivity index (χ0v) is 30.0. The van der Waals surface area contributed by atoms with Crippen molar-refractivity contribution in [1.82, 2.24) is 9.97 Å². The number of hydrogen-bond donors (Lipinski definition) is 0. The molecule has 0 amide bonds. The first-order valence-corrected chi connectivity index (χ1v) is 20.8. The predicted octanol–water partition coefficient (Wildman–Crippen LogP) is 11.5. The van der Waals surface area contributed by atoms with Crippen LogP contribution in [0.1, 0.15) is 0 Å². The summed E-state index contributed by atoms with van der Waals surface area (Å²) in [5.41, 5.74) is 14.1. The van der Waals surface area contributed by atoms with Crippen molar-refractivity contribution in [3.63, 3.8) is 0 Å². The molecule has 2 aromatic heterocycles. The quantitative estimate of drug-likeness (QED) is 0.170. The fourth-order valence-electron chi connectivity index (χ4n) is 8.02. The zero-order valence-electron chi connectivity index (χ0n) is 29.0. The maximum absolute atomic E-state index is 6.59. The van der Waals surface area contributed by atoms with E-state index in [0.717, 1.165) is 61.3 Å². The second kappa shape index (κ2) is 11.9. The number of fused-ring (bicyclic) bond motifs is 6. The van der Waals surface area contributed by atoms with Gasteiger partial charge in [-0.1, -0.05) is 153 Å². The van der Waals surface area contributed by atoms with Gasteiger partial charge in [-0.3, -0.25) is 0 Å². The maximum Gasteiger partial charge on any atom is 0.159 e. The molecule has 0 saturated heterocycles. The lowest BCUT2D eigenvalue weighted by Gasteiger charge is -2.19. The van der Waals surface area contributed by atoms with Crippen LogP contribution < -0.4 is 10.5 Å². The first-order valence-electron chi connectivity index (χ1n) is 17.8. The van der Waals surface area contributed by atoms with Gasteiger partial charge in [0.25, 0.3) is 0 Å². The van der Waals surface area contributed by atoms with Gasteiger partial charge in [-0.2, -0.15) is 0 Å². The van der Waals surface area contributed by atoms with Crippen molar-refractivity contribution >= 4 is 40.5 Å². The van der Waals surface area contributed by atoms with Gasteiger partial charge in [0.1, 0.15) is 19.2 Å². The fourth-order valence-corrected chi connectivity index (χ4v) is 10.9. The van der Waals surface area contributed by atoms with E-state index in [9.17, 15) is 0 Å². The van der Waals surface area contributed by atoms with Gasteiger partial charge >= 0.3 is 0 Å². The molecule has 0 unspecified atom stereocenters. The minimum Gasteiger partial charge on any atom is -0.455 e. The van der Waals surface area contributed by atoms with Gasteiger partial charge in [-0.05, 0) is 74.5 Å². The molecule has 52 heavy (non-hydrogen) atoms. The van der Waals surface area contributed by atoms with Crippen molar-refractivity contribution in [3.05, 3.63) is 170 Å². The average Bonchev–Trinajstić information content (AvgIpc) is 3.70. The van der Waals surface area contributed by atoms with Gasteiger partial charge in [0.2, 0.25) is 0 Å². The molecule has 0 spiro atoms. The molecule has 4 heteroatoms. The number of furan rings is 1. The van der Waals surface area contributed by atoms with Crippen molar-refractivity contribution in [3.8, 4) is 67.2 Å². The Kier molecular flexibility index (Phi) is 6.95. The molecule has 3 nitrogen and oxygen atoms in total. The Morgan fingerprint density at radius 3 is 1.69 bits per heavy atom. The summed E-state index contributed by atoms with van der Waals surface area (Å²) in [4.78, 5) is 10.9. The van der Waals surface area contributed by atoms with Crippen LogP contribution in [-0.2, 0) is 0 Å². The van der Waals surface area contributed by atoms with Crippen LogP contribution >= 0.6 is 0 Å². The van der Waals surface area contributed by atoms with Gasteiger partial charge < -0.3 is 4.42 Å². The minimum atomic E-state index is -2.14. The molecule has 0 aliphatic carbocycles. The highest BCUT2D eigenvalue weighted by Gasteiger charge is 2.41. The van der Waals surface area contributed by atoms with Crippen molar-refractivity contribution < 1.29 is 4.42 Å². The molecule has 7 aromatic carbocycles. The number of nitrogens with zero attached hydrogens (tertiary/aromatic N) is 2. The summed E-state index contributed by atoms with van der Waals surface area (Å²) < 4.78 is 6.59. The van der Waals surface area contributed by atoms with Crippen LogP contribution in [0.4, 0.5) is 0 Å². The number of para-hydroxylation sites is 2. The molecule has 0 bridgehead atoms. The molecule has 3 heterocycles. The fraction of sp³-hybridized carbons (Fsp3) is 0.0417. The normalized spacial score (nSPS) is 13.0. The summed E-state index contributed by atoms with van der Waals surface area (Å²) in [5.74, 6) is 0.740. The van der Waals surface area contributed by atoms with Crippen LogP contribution in [0.5, 0.6) is 0 Å². The third kappa shape index (κ3) is 4.87. The van der Waals surface area contributed by atoms with Crippen molar-refractivity contribution in [2.45, 2.75) is 13.1 Å². The summed E-state index contributed by atoms with van der Waals surface area (Å²) in [6.45, 7) is 4.82. The van der Waals surface area contributed by atoms with Crippen LogP contribution in [0.15, 0.2) is 174 Å². The second-order valence-corrected chi connectivity index (χ2v) is 18.4. The van der Waals surface area contributed by atoms with Crippen molar-refractivity contribution in [1.29, 1.82) is 0 Å². The van der Waals surface area contributed by atoms with Crippen molar-refractivity contribution in [2.75, 3.05) is 0 Å². The predicted molar refractivity (Wildman–Crippen MR) is 219 cm³/mol. The van der Waals surface area contributed by atoms with Gasteiger partial charge in [0, 0.05) is 32.8 Å². The lowest BCUT2D eigenvalue weighted by atomic mass is 9.95. The van der Waals surface area contributed by atoms with E-state index in [1.54, 1.807) is 0 Å². The Balaban J connectivity index is 1.12. The van der Waals surface area contributed by atoms with Crippen LogP contribution in [-0.4, -0.2) is 18.0 Å². The molecule has 10 rings (SSSR count). The summed E-state index contributed by atoms with van der Waals surface area (Å²) in [6.07, 6.45) is 0. The molecule has 246 valence electrons. The molecular formula is C48H34N2OSi. The second-order valence-electron chi connectivity index (χ2n) is 14.2. The van der Waals surface area contributed by atoms with Gasteiger partial charge in [-0.25, -0.2) is 9.97 Å². The number of benzene rings is 7. The largest absolute Gasteiger partial charge is 0.455 e. The monoisotopic (exact) mass is 682 g/mol. The Morgan fingerprint density at radius 2 is 0.962 bits per heavy atom. The molecule has 0 radical (unpaired) electrons. The summed E-state index contributed by atoms with van der Waals surface area (Å²) in [6, 6.07) is 60.3. The third-order valence-electron chi connectivity index (χ3n) is 10.6. The Morgan fingerprint density at radius 1 is 0.442 bits per heavy atom. The van der Waals surface area contributed by atoms with E-state index in [1.165, 1.54) is 38.3 Å². The SMILES string of the molecule is C[Si]1(C)c2ccccc2-c2c(-c3cccc4c3oc3ccccc34)nc(-c3cccc(-c4cccc(-c5cccc(-c6ccccc6)c5)c4)c3)nc21. The number of rotatable bonds is 5. The van der Waals surface area contributed by atoms with Gasteiger partial charge in [-0.15, -0.1) is 0 Å². The molecule has 0 fully saturated rings. The lowest BCUT2D eigenvalue weighted by molar-refractivity contribution is 0.670. The first-order chi connectivity index (χ1) is 25.5. The molecule has 9 aromatic rings. The summed E-state index contributed by atoms with van der Waals surface area (Å²) in [5, 5.41) is 4.78. The Labute approximate surface area is 303 Å². The summed E-state index contributed by atoms with van der Waals surface area (Å²) >= 11 is 0. The van der Waals surface area contributed by atoms with Gasteiger partial charge in [0.05, 0.1) is 5.69 Å². The highest BCUT2D eigenvalue weighted by atomic mass is 28.3. The molecule has 0 N–H and O–H groups in total. The summed E-state index contributed by atoms with van der Waals surface area (Å²) in [7, 11) is -2.14. The highest BCUT2D eigenvalue weighted by Crippen LogP contribution is 2.41. The standard InChI is InChI=1S/C48H34N2OSi/c1-52(2)43-27-9-7-23-40(43)44-45(41-25-13-24-39-38-22-6-8-26-42(38)51-46(39)41)49-47(50-48(44)52)37-21-12-20-36(30-37)35-19-11-18-34(29-35)33-17-10-16-32(28-33)31-14-4-3-5-15-31/h3-30H,1-2H3. The van der Waals surface area contributed by atoms with Crippen LogP contribution in [0.25, 0.3) is 89.1 Å². The molecule has 0 atom stereocenters. The molecule has 0 saturated carbocycles. The Hall–Kier alpha value is -6.36. The molecular weight excluding hydrogens is 649 g/mol. The number of aromatic nitrogens is 2. The molecule has 1 aliphatic rings. The van der Waals surface area contributed by atoms with E-state index in [-0.39, 0.29) is 0 Å². The van der Waals surface area contributed by atoms with Crippen LogP contribution in [0.2, 0.25) is 13.1 Å². The number of hydrogen-bond acceptors (Lipinski definition) is 3. The Bertz CT molecular complexity index is 2830. The van der Waals surface area contributed by atoms with E-state index in [4.69, 9.17) is 14.4 Å². The lowest BCUT2D eigenvalue weighted by Crippen LogP contribution is -2.50. The van der Waals surface area contributed by atoms with E-state index >= 15 is 0 Å². The average molecular weight is 683 g/mol. The van der Waals surface area contributed by atoms with E-state index in [2.05, 4.69) is 171 Å². The minimum absolute atomic E-state index is 0.740. The van der Waals surface area contributed by atoms with Crippen LogP contribution in [0.3, 0.4) is 0 Å². The maximum atomic E-state index is 6.59. The van der Waals surface area contributed by atoms with Gasteiger partial charge in [0.15, 0.2) is 5.82 Å². The van der Waals surface area contributed by atoms with Crippen LogP contribution in [0, 0.1) is 0 Å². The smallest absolute Gasteiger partial charge is 0.159 e. The van der Waals surface area contributed by atoms with E-state index in [0.29, 0.717) is 0 Å². The third-order valence-corrected chi connectivity index (χ3v) is 14.0. The van der Waals surface area contributed by atoms with E-state index < -0.39 is 8.07 Å². The van der Waals surface area contributed by atoms with E-state index in [1.807, 2.05) is 12.1 Å². The molecule has 1 aliphatic heterocycles. The first kappa shape index (κ1) is 30.5. The highest BCUT2D eigenvalue weighted by molar-refractivity contribution is 7.03. The van der Waals surface area contributed by atoms with Crippen molar-refractivity contribution in [2.24, 2.45) is 0 Å². The zero-order chi connectivity index (χ0) is 34.8.